The van der Waals surface area contributed by atoms with Crippen LogP contribution in [0.5, 0.6) is 0 Å². The molecule has 0 radical (unpaired) electrons. The highest BCUT2D eigenvalue weighted by atomic mass is 14.7. The molecule has 0 heterocycles. The summed E-state index contributed by atoms with van der Waals surface area (Å²) in [5.74, 6) is 0. The largest absolute Gasteiger partial charge is 0.325 e. The molecule has 0 spiro atoms. The minimum atomic E-state index is -0.0260. The van der Waals surface area contributed by atoms with Gasteiger partial charge < -0.3 is 5.73 Å². The molecule has 0 saturated carbocycles. The molecule has 1 heteroatoms. The van der Waals surface area contributed by atoms with Crippen LogP contribution in [0.4, 0.5) is 0 Å². The quantitative estimate of drug-likeness (QED) is 0.554. The van der Waals surface area contributed by atoms with Crippen molar-refractivity contribution in [1.29, 1.82) is 0 Å². The lowest BCUT2D eigenvalue weighted by Gasteiger charge is -2.19. The molecule has 0 aliphatic rings. The molecule has 0 unspecified atom stereocenters. The summed E-state index contributed by atoms with van der Waals surface area (Å²) in [6.45, 7) is 7.74. The minimum Gasteiger partial charge on any atom is -0.325 e. The third kappa shape index (κ3) is 2.80. The lowest BCUT2D eigenvalue weighted by atomic mass is 9.96. The highest BCUT2D eigenvalue weighted by Crippen LogP contribution is 2.09. The molecule has 48 valence electrons. The van der Waals surface area contributed by atoms with Gasteiger partial charge in [0.1, 0.15) is 0 Å². The molecule has 0 bridgehead atoms. The first kappa shape index (κ1) is 7.70. The summed E-state index contributed by atoms with van der Waals surface area (Å²) in [5, 5.41) is 0. The van der Waals surface area contributed by atoms with Crippen molar-refractivity contribution in [3.8, 4) is 0 Å². The molecule has 0 aromatic carbocycles. The van der Waals surface area contributed by atoms with E-state index in [4.69, 9.17) is 5.73 Å². The van der Waals surface area contributed by atoms with Gasteiger partial charge >= 0.3 is 0 Å². The first-order chi connectivity index (χ1) is 3.62. The predicted octanol–water partition coefficient (Wildman–Crippen LogP) is 1.69. The molecule has 2 N–H and O–H groups in total. The zero-order chi connectivity index (χ0) is 6.62. The molecular weight excluding hydrogens is 98.1 g/mol. The molecule has 0 rings (SSSR count). The molecule has 0 saturated heterocycles. The Hall–Kier alpha value is -0.300. The van der Waals surface area contributed by atoms with Crippen molar-refractivity contribution < 1.29 is 0 Å². The smallest absolute Gasteiger partial charge is 0.0157 e. The second kappa shape index (κ2) is 2.88. The van der Waals surface area contributed by atoms with Crippen molar-refractivity contribution in [2.45, 2.75) is 32.2 Å². The van der Waals surface area contributed by atoms with Crippen molar-refractivity contribution in [2.75, 3.05) is 0 Å². The summed E-state index contributed by atoms with van der Waals surface area (Å²) in [5.41, 5.74) is 5.73. The van der Waals surface area contributed by atoms with Crippen LogP contribution in [0.25, 0.3) is 0 Å². The number of hydrogen-bond donors (Lipinski definition) is 1. The maximum absolute atomic E-state index is 5.76. The van der Waals surface area contributed by atoms with Gasteiger partial charge in [-0.1, -0.05) is 13.0 Å². The minimum absolute atomic E-state index is 0.0260. The van der Waals surface area contributed by atoms with Crippen LogP contribution in [0.3, 0.4) is 0 Å². The van der Waals surface area contributed by atoms with Crippen LogP contribution in [-0.4, -0.2) is 5.54 Å². The van der Waals surface area contributed by atoms with Crippen LogP contribution in [0, 0.1) is 0 Å². The summed E-state index contributed by atoms with van der Waals surface area (Å²) in [6.07, 6.45) is 3.78. The molecule has 0 aromatic heterocycles. The van der Waals surface area contributed by atoms with Crippen LogP contribution >= 0.6 is 0 Å². The Morgan fingerprint density at radius 2 is 2.25 bits per heavy atom. The van der Waals surface area contributed by atoms with E-state index in [1.807, 2.05) is 13.0 Å². The van der Waals surface area contributed by atoms with E-state index in [9.17, 15) is 0 Å². The van der Waals surface area contributed by atoms with Gasteiger partial charge in [0, 0.05) is 5.54 Å². The monoisotopic (exact) mass is 113 g/mol. The first-order valence-corrected chi connectivity index (χ1v) is 3.02. The average molecular weight is 113 g/mol. The molecule has 1 atom stereocenters. The Morgan fingerprint density at radius 1 is 1.75 bits per heavy atom. The summed E-state index contributed by atoms with van der Waals surface area (Å²) in [4.78, 5) is 0. The zero-order valence-corrected chi connectivity index (χ0v) is 5.78. The van der Waals surface area contributed by atoms with Crippen molar-refractivity contribution in [1.82, 2.24) is 0 Å². The Labute approximate surface area is 51.6 Å². The van der Waals surface area contributed by atoms with E-state index in [-0.39, 0.29) is 5.54 Å². The van der Waals surface area contributed by atoms with E-state index in [1.165, 1.54) is 0 Å². The lowest BCUT2D eigenvalue weighted by molar-refractivity contribution is 0.459. The van der Waals surface area contributed by atoms with E-state index in [0.29, 0.717) is 0 Å². The van der Waals surface area contributed by atoms with Crippen molar-refractivity contribution in [3.05, 3.63) is 12.7 Å². The Morgan fingerprint density at radius 3 is 2.38 bits per heavy atom. The number of rotatable bonds is 3. The fraction of sp³-hybridized carbons (Fsp3) is 0.714. The van der Waals surface area contributed by atoms with Crippen LogP contribution in [0.1, 0.15) is 26.7 Å². The Kier molecular flexibility index (Phi) is 2.77. The summed E-state index contributed by atoms with van der Waals surface area (Å²) >= 11 is 0. The Bertz CT molecular complexity index is 74.5. The summed E-state index contributed by atoms with van der Waals surface area (Å²) in [6, 6.07) is 0. The Balaban J connectivity index is 3.53. The van der Waals surface area contributed by atoms with E-state index < -0.39 is 0 Å². The van der Waals surface area contributed by atoms with E-state index in [1.54, 1.807) is 0 Å². The SMILES string of the molecule is C=CC[C@@](C)(N)CC. The molecular formula is C7H15N. The standard InChI is InChI=1S/C7H15N/c1-4-6-7(3,8)5-2/h4H,1,5-6,8H2,2-3H3/t7-/m0/s1. The molecule has 0 aliphatic heterocycles. The van der Waals surface area contributed by atoms with Crippen molar-refractivity contribution in [2.24, 2.45) is 5.73 Å². The fourth-order valence-electron chi connectivity index (χ4n) is 0.474. The van der Waals surface area contributed by atoms with Gasteiger partial charge in [0.25, 0.3) is 0 Å². The predicted molar refractivity (Wildman–Crippen MR) is 37.7 cm³/mol. The molecule has 0 fully saturated rings. The molecule has 0 aromatic rings. The van der Waals surface area contributed by atoms with Crippen LogP contribution < -0.4 is 5.73 Å². The second-order valence-electron chi connectivity index (χ2n) is 2.50. The third-order valence-corrected chi connectivity index (χ3v) is 1.42. The van der Waals surface area contributed by atoms with E-state index in [2.05, 4.69) is 13.5 Å². The van der Waals surface area contributed by atoms with Gasteiger partial charge in [-0.2, -0.15) is 0 Å². The molecule has 1 nitrogen and oxygen atoms in total. The van der Waals surface area contributed by atoms with Crippen molar-refractivity contribution in [3.63, 3.8) is 0 Å². The van der Waals surface area contributed by atoms with Crippen LogP contribution in [0.2, 0.25) is 0 Å². The van der Waals surface area contributed by atoms with Gasteiger partial charge in [-0.15, -0.1) is 6.58 Å². The molecule has 0 aliphatic carbocycles. The van der Waals surface area contributed by atoms with Gasteiger partial charge in [-0.3, -0.25) is 0 Å². The average Bonchev–Trinajstić information content (AvgIpc) is 1.67. The lowest BCUT2D eigenvalue weighted by Crippen LogP contribution is -2.34. The molecule has 0 amide bonds. The van der Waals surface area contributed by atoms with Gasteiger partial charge in [0.05, 0.1) is 0 Å². The highest BCUT2D eigenvalue weighted by Gasteiger charge is 2.11. The topological polar surface area (TPSA) is 26.0 Å². The van der Waals surface area contributed by atoms with Gasteiger partial charge in [0.15, 0.2) is 0 Å². The van der Waals surface area contributed by atoms with Gasteiger partial charge in [0.2, 0.25) is 0 Å². The highest BCUT2D eigenvalue weighted by molar-refractivity contribution is 4.85. The summed E-state index contributed by atoms with van der Waals surface area (Å²) < 4.78 is 0. The van der Waals surface area contributed by atoms with Crippen molar-refractivity contribution >= 4 is 0 Å². The maximum Gasteiger partial charge on any atom is 0.0157 e. The number of nitrogens with two attached hydrogens (primary N) is 1. The van der Waals surface area contributed by atoms with Gasteiger partial charge in [-0.05, 0) is 19.8 Å². The normalized spacial score (nSPS) is 17.4. The van der Waals surface area contributed by atoms with Crippen LogP contribution in [-0.2, 0) is 0 Å². The third-order valence-electron chi connectivity index (χ3n) is 1.42. The van der Waals surface area contributed by atoms with E-state index >= 15 is 0 Å². The second-order valence-corrected chi connectivity index (χ2v) is 2.50. The first-order valence-electron chi connectivity index (χ1n) is 3.02. The number of hydrogen-bond acceptors (Lipinski definition) is 1. The fourth-order valence-corrected chi connectivity index (χ4v) is 0.474. The van der Waals surface area contributed by atoms with Crippen LogP contribution in [0.15, 0.2) is 12.7 Å². The zero-order valence-electron chi connectivity index (χ0n) is 5.78. The molecule has 8 heavy (non-hydrogen) atoms. The van der Waals surface area contributed by atoms with Gasteiger partial charge in [-0.25, -0.2) is 0 Å². The summed E-state index contributed by atoms with van der Waals surface area (Å²) in [7, 11) is 0. The van der Waals surface area contributed by atoms with E-state index in [0.717, 1.165) is 12.8 Å². The maximum atomic E-state index is 5.76.